The van der Waals surface area contributed by atoms with Gasteiger partial charge in [-0.25, -0.2) is 0 Å². The van der Waals surface area contributed by atoms with Gasteiger partial charge in [0, 0.05) is 0 Å². The molecule has 0 amide bonds. The van der Waals surface area contributed by atoms with Crippen molar-refractivity contribution in [3.8, 4) is 0 Å². The van der Waals surface area contributed by atoms with Gasteiger partial charge in [0.1, 0.15) is 0 Å². The minimum atomic E-state index is 0. The van der Waals surface area contributed by atoms with E-state index >= 15 is 0 Å². The summed E-state index contributed by atoms with van der Waals surface area (Å²) in [6.45, 7) is 0. The summed E-state index contributed by atoms with van der Waals surface area (Å²) in [5.74, 6) is 0. The van der Waals surface area contributed by atoms with Crippen molar-refractivity contribution in [3.05, 3.63) is 0 Å². The Hall–Kier alpha value is 2.10. The van der Waals surface area contributed by atoms with E-state index in [0.717, 1.165) is 0 Å². The van der Waals surface area contributed by atoms with E-state index in [2.05, 4.69) is 0 Å². The van der Waals surface area contributed by atoms with Crippen molar-refractivity contribution in [2.45, 2.75) is 0 Å². The van der Waals surface area contributed by atoms with Crippen LogP contribution in [0.4, 0.5) is 0 Å². The standard InChI is InChI=1S/Bi.O.HTe.Zn.3H/h;;1H;;;;. The monoisotopic (exact) mass is 423 g/mol. The van der Waals surface area contributed by atoms with E-state index in [1.165, 1.54) is 0 Å². The first-order valence-corrected chi connectivity index (χ1v) is 1.50. The fraction of sp³-hybridized carbons (Fsp3) is 0. The summed E-state index contributed by atoms with van der Waals surface area (Å²) in [5.41, 5.74) is 0. The van der Waals surface area contributed by atoms with Gasteiger partial charge in [0.2, 0.25) is 0 Å². The molecule has 0 atom stereocenters. The van der Waals surface area contributed by atoms with Crippen LogP contribution >= 0.6 is 0 Å². The summed E-state index contributed by atoms with van der Waals surface area (Å²) in [5, 5.41) is 0. The van der Waals surface area contributed by atoms with E-state index < -0.39 is 0 Å². The molecule has 0 unspecified atom stereocenters. The van der Waals surface area contributed by atoms with Gasteiger partial charge in [-0.3, -0.25) is 0 Å². The van der Waals surface area contributed by atoms with Crippen molar-refractivity contribution in [3.63, 3.8) is 0 Å². The minimum absolute atomic E-state index is 0. The zero-order valence-corrected chi connectivity index (χ0v) is 13.3. The molecular weight excluding hydrogens is 418 g/mol. The molecule has 0 heterocycles. The summed E-state index contributed by atoms with van der Waals surface area (Å²) in [6.07, 6.45) is 0. The normalized spacial score (nSPS) is 1.50. The van der Waals surface area contributed by atoms with Gasteiger partial charge in [-0.05, 0) is 0 Å². The molecule has 4 heavy (non-hydrogen) atoms. The molecule has 0 aromatic heterocycles. The molecule has 0 saturated carbocycles. The molecule has 23 valence electrons. The molecule has 1 nitrogen and oxygen atoms in total. The average molecular weight is 422 g/mol. The maximum absolute atomic E-state index is 8.38. The zero-order chi connectivity index (χ0) is 2.00. The molecule has 0 N–H and O–H groups in total. The third-order valence-electron chi connectivity index (χ3n) is 0. The number of rotatable bonds is 0. The summed E-state index contributed by atoms with van der Waals surface area (Å²) in [4.78, 5) is 0. The SMILES string of the molecule is [BiH3].[O]=[Zn].[TeH]. The first kappa shape index (κ1) is 16.5. The molecule has 4 heteroatoms. The van der Waals surface area contributed by atoms with Gasteiger partial charge in [0.15, 0.2) is 0 Å². The topological polar surface area (TPSA) is 17.1 Å². The fourth-order valence-electron chi connectivity index (χ4n) is 0. The van der Waals surface area contributed by atoms with Crippen LogP contribution in [0, 0.1) is 0 Å². The molecular formula is H4BiOTeZn. The fourth-order valence-corrected chi connectivity index (χ4v) is 0. The molecule has 0 bridgehead atoms. The average Bonchev–Trinajstić information content (AvgIpc) is 1.00. The van der Waals surface area contributed by atoms with E-state index in [1.54, 1.807) is 0 Å². The Bertz CT molecular complexity index is 8.00. The quantitative estimate of drug-likeness (QED) is 0.415. The van der Waals surface area contributed by atoms with Gasteiger partial charge in [-0.2, -0.15) is 0 Å². The van der Waals surface area contributed by atoms with E-state index in [4.69, 9.17) is 3.57 Å². The van der Waals surface area contributed by atoms with Crippen LogP contribution in [0.15, 0.2) is 0 Å². The van der Waals surface area contributed by atoms with Crippen molar-refractivity contribution >= 4 is 49.9 Å². The van der Waals surface area contributed by atoms with Gasteiger partial charge in [-0.15, -0.1) is 0 Å². The van der Waals surface area contributed by atoms with Crippen molar-refractivity contribution in [2.75, 3.05) is 0 Å². The Morgan fingerprint density at radius 3 is 1.25 bits per heavy atom. The summed E-state index contributed by atoms with van der Waals surface area (Å²) in [6, 6.07) is 0. The van der Waals surface area contributed by atoms with Crippen LogP contribution in [0.25, 0.3) is 0 Å². The molecule has 0 rings (SSSR count). The van der Waals surface area contributed by atoms with Crippen LogP contribution < -0.4 is 0 Å². The second-order valence-electron chi connectivity index (χ2n) is 0. The van der Waals surface area contributed by atoms with Gasteiger partial charge < -0.3 is 0 Å². The van der Waals surface area contributed by atoms with E-state index in [1.807, 2.05) is 0 Å². The molecule has 0 aliphatic carbocycles. The van der Waals surface area contributed by atoms with Crippen LogP contribution in [-0.2, 0) is 21.8 Å². The summed E-state index contributed by atoms with van der Waals surface area (Å²) >= 11 is 0.125. The first-order valence-electron chi connectivity index (χ1n) is 0.289. The van der Waals surface area contributed by atoms with E-state index in [-0.39, 0.29) is 68.1 Å². The molecule has 0 aliphatic rings. The van der Waals surface area contributed by atoms with Crippen molar-refractivity contribution in [1.82, 2.24) is 0 Å². The Kier molecular flexibility index (Phi) is 80.4. The van der Waals surface area contributed by atoms with E-state index in [0.29, 0.717) is 0 Å². The molecule has 0 aromatic rings. The van der Waals surface area contributed by atoms with Crippen molar-refractivity contribution in [2.24, 2.45) is 0 Å². The molecule has 0 aromatic carbocycles. The van der Waals surface area contributed by atoms with Crippen molar-refractivity contribution < 1.29 is 21.8 Å². The van der Waals surface area contributed by atoms with Gasteiger partial charge >= 0.3 is 71.7 Å². The number of hydrogen-bond acceptors (Lipinski definition) is 1. The molecule has 0 aliphatic heterocycles. The molecule has 1 radical (unpaired) electrons. The van der Waals surface area contributed by atoms with Crippen LogP contribution in [0.1, 0.15) is 0 Å². The van der Waals surface area contributed by atoms with Crippen LogP contribution in [0.2, 0.25) is 0 Å². The third-order valence-corrected chi connectivity index (χ3v) is 0. The Balaban J connectivity index is -0.00000000500. The van der Waals surface area contributed by atoms with Crippen LogP contribution in [0.5, 0.6) is 0 Å². The summed E-state index contributed by atoms with van der Waals surface area (Å²) < 4.78 is 8.38. The van der Waals surface area contributed by atoms with Gasteiger partial charge in [0.25, 0.3) is 0 Å². The van der Waals surface area contributed by atoms with E-state index in [9.17, 15) is 0 Å². The third kappa shape index (κ3) is 8.94. The summed E-state index contributed by atoms with van der Waals surface area (Å²) in [7, 11) is 0. The van der Waals surface area contributed by atoms with Gasteiger partial charge in [-0.1, -0.05) is 0 Å². The molecule has 0 saturated heterocycles. The van der Waals surface area contributed by atoms with Gasteiger partial charge in [0.05, 0.1) is 0 Å². The maximum atomic E-state index is 8.38. The molecule has 0 spiro atoms. The zero-order valence-electron chi connectivity index (χ0n) is 2.27. The Morgan fingerprint density at radius 2 is 1.25 bits per heavy atom. The first-order chi connectivity index (χ1) is 1.00. The predicted octanol–water partition coefficient (Wildman–Crippen LogP) is -1.95. The number of hydrogen-bond donors (Lipinski definition) is 0. The molecule has 0 fully saturated rings. The second-order valence-corrected chi connectivity index (χ2v) is 0. The Morgan fingerprint density at radius 1 is 1.25 bits per heavy atom. The predicted molar refractivity (Wildman–Crippen MR) is 17.8 cm³/mol. The van der Waals surface area contributed by atoms with Crippen molar-refractivity contribution in [1.29, 1.82) is 0 Å². The van der Waals surface area contributed by atoms with Crippen LogP contribution in [0.3, 0.4) is 0 Å². The second kappa shape index (κ2) is 19.5. The Labute approximate surface area is 70.7 Å². The van der Waals surface area contributed by atoms with Crippen LogP contribution in [-0.4, -0.2) is 49.9 Å².